The van der Waals surface area contributed by atoms with E-state index in [1.807, 2.05) is 24.3 Å². The summed E-state index contributed by atoms with van der Waals surface area (Å²) < 4.78 is 1.98. The molecule has 2 heterocycles. The Labute approximate surface area is 129 Å². The number of nitrogens with one attached hydrogen (secondary N) is 1. The second-order valence-electron chi connectivity index (χ2n) is 4.01. The average molecular weight is 329 g/mol. The van der Waals surface area contributed by atoms with Crippen molar-refractivity contribution in [1.29, 1.82) is 0 Å². The zero-order valence-electron chi connectivity index (χ0n) is 9.82. The molecule has 0 fully saturated rings. The van der Waals surface area contributed by atoms with Crippen molar-refractivity contribution in [3.8, 4) is 0 Å². The highest BCUT2D eigenvalue weighted by molar-refractivity contribution is 7.22. The number of nitrogens with zero attached hydrogens (tertiary/aromatic N) is 1. The molecule has 3 aromatic rings. The van der Waals surface area contributed by atoms with Crippen molar-refractivity contribution in [2.24, 2.45) is 0 Å². The molecule has 98 valence electrons. The first-order valence-electron chi connectivity index (χ1n) is 5.75. The molecule has 0 radical (unpaired) electrons. The standard InChI is InChI=1S/C13H10Cl2N2S2/c14-8-1-3-11-10(7-8)17-13(19-11)16-6-5-9-2-4-12(15)18-9/h1-4,7H,5-6H2,(H,16,17). The van der Waals surface area contributed by atoms with E-state index in [1.54, 1.807) is 22.7 Å². The first-order valence-corrected chi connectivity index (χ1v) is 8.14. The van der Waals surface area contributed by atoms with Crippen LogP contribution in [-0.4, -0.2) is 11.5 Å². The molecule has 0 spiro atoms. The van der Waals surface area contributed by atoms with E-state index in [0.717, 1.165) is 37.7 Å². The number of thiazole rings is 1. The first kappa shape index (κ1) is 13.2. The molecular weight excluding hydrogens is 319 g/mol. The van der Waals surface area contributed by atoms with Crippen molar-refractivity contribution in [3.63, 3.8) is 0 Å². The number of hydrogen-bond acceptors (Lipinski definition) is 4. The maximum Gasteiger partial charge on any atom is 0.183 e. The summed E-state index contributed by atoms with van der Waals surface area (Å²) in [5.74, 6) is 0. The molecule has 6 heteroatoms. The molecular formula is C13H10Cl2N2S2. The Balaban J connectivity index is 1.65. The molecule has 0 saturated carbocycles. The van der Waals surface area contributed by atoms with Crippen LogP contribution in [0, 0.1) is 0 Å². The van der Waals surface area contributed by atoms with E-state index in [0.29, 0.717) is 0 Å². The van der Waals surface area contributed by atoms with Crippen molar-refractivity contribution in [1.82, 2.24) is 4.98 Å². The summed E-state index contributed by atoms with van der Waals surface area (Å²) in [5, 5.41) is 4.99. The summed E-state index contributed by atoms with van der Waals surface area (Å²) >= 11 is 15.1. The third-order valence-electron chi connectivity index (χ3n) is 2.63. The molecule has 0 unspecified atom stereocenters. The van der Waals surface area contributed by atoms with E-state index in [-0.39, 0.29) is 0 Å². The Morgan fingerprint density at radius 1 is 1.11 bits per heavy atom. The van der Waals surface area contributed by atoms with Crippen molar-refractivity contribution in [2.75, 3.05) is 11.9 Å². The number of hydrogen-bond donors (Lipinski definition) is 1. The minimum Gasteiger partial charge on any atom is -0.361 e. The van der Waals surface area contributed by atoms with Gasteiger partial charge in [0.2, 0.25) is 0 Å². The fraction of sp³-hybridized carbons (Fsp3) is 0.154. The van der Waals surface area contributed by atoms with Gasteiger partial charge in [-0.25, -0.2) is 4.98 Å². The lowest BCUT2D eigenvalue weighted by atomic mass is 10.3. The number of thiophene rings is 1. The molecule has 1 N–H and O–H groups in total. The van der Waals surface area contributed by atoms with Gasteiger partial charge < -0.3 is 5.32 Å². The van der Waals surface area contributed by atoms with Crippen LogP contribution in [0.2, 0.25) is 9.36 Å². The lowest BCUT2D eigenvalue weighted by molar-refractivity contribution is 1.04. The highest BCUT2D eigenvalue weighted by Gasteiger charge is 2.04. The van der Waals surface area contributed by atoms with Crippen LogP contribution in [0.1, 0.15) is 4.88 Å². The average Bonchev–Trinajstić information content (AvgIpc) is 2.95. The normalized spacial score (nSPS) is 11.1. The predicted octanol–water partition coefficient (Wildman–Crippen LogP) is 5.32. The van der Waals surface area contributed by atoms with E-state index < -0.39 is 0 Å². The van der Waals surface area contributed by atoms with Crippen LogP contribution in [0.15, 0.2) is 30.3 Å². The Hall–Kier alpha value is -0.810. The molecule has 0 aliphatic carbocycles. The molecule has 0 saturated heterocycles. The Kier molecular flexibility index (Phi) is 3.93. The van der Waals surface area contributed by atoms with E-state index in [9.17, 15) is 0 Å². The van der Waals surface area contributed by atoms with Crippen molar-refractivity contribution in [2.45, 2.75) is 6.42 Å². The summed E-state index contributed by atoms with van der Waals surface area (Å²) in [4.78, 5) is 5.79. The molecule has 0 amide bonds. The van der Waals surface area contributed by atoms with Crippen LogP contribution in [0.5, 0.6) is 0 Å². The second-order valence-corrected chi connectivity index (χ2v) is 7.28. The van der Waals surface area contributed by atoms with Gasteiger partial charge in [-0.3, -0.25) is 0 Å². The number of benzene rings is 1. The smallest absolute Gasteiger partial charge is 0.183 e. The van der Waals surface area contributed by atoms with Gasteiger partial charge in [0.15, 0.2) is 5.13 Å². The van der Waals surface area contributed by atoms with E-state index in [1.165, 1.54) is 4.88 Å². The first-order chi connectivity index (χ1) is 9.20. The number of halogens is 2. The van der Waals surface area contributed by atoms with E-state index in [4.69, 9.17) is 23.2 Å². The monoisotopic (exact) mass is 328 g/mol. The molecule has 19 heavy (non-hydrogen) atoms. The SMILES string of the molecule is Clc1ccc2sc(NCCc3ccc(Cl)s3)nc2c1. The Morgan fingerprint density at radius 2 is 2.00 bits per heavy atom. The second kappa shape index (κ2) is 5.67. The minimum atomic E-state index is 0.720. The molecule has 0 bridgehead atoms. The van der Waals surface area contributed by atoms with Crippen LogP contribution in [-0.2, 0) is 6.42 Å². The summed E-state index contributed by atoms with van der Waals surface area (Å²) in [6.07, 6.45) is 0.952. The third-order valence-corrected chi connectivity index (χ3v) is 5.15. The lowest BCUT2D eigenvalue weighted by Crippen LogP contribution is -2.03. The van der Waals surface area contributed by atoms with Gasteiger partial charge in [0.1, 0.15) is 0 Å². The zero-order chi connectivity index (χ0) is 13.2. The van der Waals surface area contributed by atoms with E-state index in [2.05, 4.69) is 16.4 Å². The number of rotatable bonds is 4. The van der Waals surface area contributed by atoms with Gasteiger partial charge >= 0.3 is 0 Å². The van der Waals surface area contributed by atoms with Gasteiger partial charge in [-0.1, -0.05) is 34.5 Å². The number of anilines is 1. The highest BCUT2D eigenvalue weighted by atomic mass is 35.5. The summed E-state index contributed by atoms with van der Waals surface area (Å²) in [7, 11) is 0. The predicted molar refractivity (Wildman–Crippen MR) is 86.2 cm³/mol. The highest BCUT2D eigenvalue weighted by Crippen LogP contribution is 2.28. The van der Waals surface area contributed by atoms with Crippen LogP contribution in [0.25, 0.3) is 10.2 Å². The molecule has 1 aromatic carbocycles. The van der Waals surface area contributed by atoms with Crippen molar-refractivity contribution < 1.29 is 0 Å². The van der Waals surface area contributed by atoms with Gasteiger partial charge in [0, 0.05) is 16.4 Å². The third kappa shape index (κ3) is 3.20. The maximum absolute atomic E-state index is 5.95. The molecule has 0 aliphatic rings. The number of aromatic nitrogens is 1. The topological polar surface area (TPSA) is 24.9 Å². The molecule has 0 atom stereocenters. The molecule has 0 aliphatic heterocycles. The van der Waals surface area contributed by atoms with Crippen molar-refractivity contribution >= 4 is 61.2 Å². The largest absolute Gasteiger partial charge is 0.361 e. The molecule has 2 aromatic heterocycles. The summed E-state index contributed by atoms with van der Waals surface area (Å²) in [6.45, 7) is 0.852. The summed E-state index contributed by atoms with van der Waals surface area (Å²) in [5.41, 5.74) is 0.944. The van der Waals surface area contributed by atoms with Crippen LogP contribution in [0.4, 0.5) is 5.13 Å². The van der Waals surface area contributed by atoms with E-state index >= 15 is 0 Å². The van der Waals surface area contributed by atoms with Crippen LogP contribution in [0.3, 0.4) is 0 Å². The van der Waals surface area contributed by atoms with Gasteiger partial charge in [-0.15, -0.1) is 11.3 Å². The summed E-state index contributed by atoms with van der Waals surface area (Å²) in [6, 6.07) is 9.77. The molecule has 3 rings (SSSR count). The lowest BCUT2D eigenvalue weighted by Gasteiger charge is -1.99. The zero-order valence-corrected chi connectivity index (χ0v) is 13.0. The van der Waals surface area contributed by atoms with Gasteiger partial charge in [0.05, 0.1) is 14.6 Å². The van der Waals surface area contributed by atoms with Gasteiger partial charge in [0.25, 0.3) is 0 Å². The molecule has 2 nitrogen and oxygen atoms in total. The maximum atomic E-state index is 5.95. The Bertz CT molecular complexity index is 706. The Morgan fingerprint density at radius 3 is 2.79 bits per heavy atom. The van der Waals surface area contributed by atoms with Crippen LogP contribution < -0.4 is 5.32 Å². The quantitative estimate of drug-likeness (QED) is 0.701. The van der Waals surface area contributed by atoms with Gasteiger partial charge in [-0.2, -0.15) is 0 Å². The fourth-order valence-corrected chi connectivity index (χ4v) is 3.88. The van der Waals surface area contributed by atoms with Crippen molar-refractivity contribution in [3.05, 3.63) is 44.6 Å². The minimum absolute atomic E-state index is 0.720. The fourth-order valence-electron chi connectivity index (χ4n) is 1.75. The number of fused-ring (bicyclic) bond motifs is 1. The van der Waals surface area contributed by atoms with Crippen LogP contribution >= 0.6 is 45.9 Å². The van der Waals surface area contributed by atoms with Gasteiger partial charge in [-0.05, 0) is 36.8 Å².